The van der Waals surface area contributed by atoms with Crippen molar-refractivity contribution in [2.24, 2.45) is 0 Å². The molecule has 2 aromatic rings. The Hall–Kier alpha value is -3.24. The average molecular weight is 481 g/mol. The topological polar surface area (TPSA) is 120 Å². The van der Waals surface area contributed by atoms with Crippen LogP contribution >= 0.6 is 11.6 Å². The highest BCUT2D eigenvalue weighted by Crippen LogP contribution is 2.33. The van der Waals surface area contributed by atoms with Gasteiger partial charge in [-0.1, -0.05) is 23.7 Å². The van der Waals surface area contributed by atoms with Crippen LogP contribution in [0.2, 0.25) is 5.02 Å². The van der Waals surface area contributed by atoms with Crippen LogP contribution in [0, 0.1) is 0 Å². The van der Waals surface area contributed by atoms with Crippen LogP contribution in [0.25, 0.3) is 0 Å². The Kier molecular flexibility index (Phi) is 6.95. The summed E-state index contributed by atoms with van der Waals surface area (Å²) in [4.78, 5) is 24.8. The Morgan fingerprint density at radius 2 is 1.75 bits per heavy atom. The highest BCUT2D eigenvalue weighted by molar-refractivity contribution is 7.91. The van der Waals surface area contributed by atoms with Crippen LogP contribution in [-0.4, -0.2) is 47.5 Å². The van der Waals surface area contributed by atoms with E-state index >= 15 is 0 Å². The van der Waals surface area contributed by atoms with E-state index in [2.05, 4.69) is 10.6 Å². The molecule has 0 saturated heterocycles. The maximum atomic E-state index is 13.3. The smallest absolute Gasteiger partial charge is 0.338 e. The van der Waals surface area contributed by atoms with Crippen LogP contribution in [0.4, 0.5) is 4.79 Å². The molecule has 2 aromatic carbocycles. The molecule has 1 heterocycles. The number of sulfone groups is 1. The number of methoxy groups -OCH3 is 3. The molecular formula is C21H21ClN2O7S. The van der Waals surface area contributed by atoms with Gasteiger partial charge in [0.15, 0.2) is 9.84 Å². The van der Waals surface area contributed by atoms with Gasteiger partial charge in [0.05, 0.1) is 38.7 Å². The van der Waals surface area contributed by atoms with Crippen molar-refractivity contribution in [3.05, 3.63) is 64.3 Å². The first-order valence-corrected chi connectivity index (χ1v) is 11.3. The highest BCUT2D eigenvalue weighted by atomic mass is 35.5. The third kappa shape index (κ3) is 4.81. The van der Waals surface area contributed by atoms with Crippen molar-refractivity contribution in [2.75, 3.05) is 27.1 Å². The summed E-state index contributed by atoms with van der Waals surface area (Å²) in [6, 6.07) is 9.16. The number of nitrogens with one attached hydrogen (secondary N) is 2. The standard InChI is InChI=1S/C21H21ClN2O7S/c1-29-14-8-9-16(30-2)17(10-14)32(27,28)11-15-18(20(25)31-3)19(24-21(26)23-15)12-4-6-13(22)7-5-12/h4-10,19H,11H2,1-3H3,(H2,23,24,26). The molecule has 0 saturated carbocycles. The number of urea groups is 1. The minimum atomic E-state index is -4.08. The molecular weight excluding hydrogens is 460 g/mol. The van der Waals surface area contributed by atoms with E-state index in [0.717, 1.165) is 0 Å². The van der Waals surface area contributed by atoms with E-state index in [9.17, 15) is 18.0 Å². The molecule has 170 valence electrons. The summed E-state index contributed by atoms with van der Waals surface area (Å²) in [5, 5.41) is 5.52. The second-order valence-corrected chi connectivity index (χ2v) is 9.14. The first kappa shape index (κ1) is 23.4. The lowest BCUT2D eigenvalue weighted by Crippen LogP contribution is -2.47. The zero-order valence-corrected chi connectivity index (χ0v) is 19.0. The molecule has 0 bridgehead atoms. The molecule has 1 atom stereocenters. The van der Waals surface area contributed by atoms with Crippen LogP contribution < -0.4 is 20.1 Å². The van der Waals surface area contributed by atoms with Gasteiger partial charge >= 0.3 is 12.0 Å². The summed E-state index contributed by atoms with van der Waals surface area (Å²) in [5.74, 6) is -1.07. The molecule has 0 aromatic heterocycles. The lowest BCUT2D eigenvalue weighted by molar-refractivity contribution is -0.136. The lowest BCUT2D eigenvalue weighted by atomic mass is 9.95. The Labute approximate surface area is 190 Å². The van der Waals surface area contributed by atoms with Gasteiger partial charge in [-0.15, -0.1) is 0 Å². The SMILES string of the molecule is COC(=O)C1=C(CS(=O)(=O)c2cc(OC)ccc2OC)NC(=O)NC1c1ccc(Cl)cc1. The normalized spacial score (nSPS) is 16.1. The number of halogens is 1. The third-order valence-electron chi connectivity index (χ3n) is 4.80. The fraction of sp³-hybridized carbons (Fsp3) is 0.238. The molecule has 0 aliphatic carbocycles. The van der Waals surface area contributed by atoms with Crippen molar-refractivity contribution >= 4 is 33.4 Å². The van der Waals surface area contributed by atoms with E-state index in [1.807, 2.05) is 0 Å². The molecule has 3 rings (SSSR count). The van der Waals surface area contributed by atoms with Crippen LogP contribution in [0.5, 0.6) is 11.5 Å². The van der Waals surface area contributed by atoms with Crippen molar-refractivity contribution in [3.8, 4) is 11.5 Å². The number of carbonyl (C=O) groups is 2. The Morgan fingerprint density at radius 3 is 2.34 bits per heavy atom. The fourth-order valence-corrected chi connectivity index (χ4v) is 4.93. The van der Waals surface area contributed by atoms with Gasteiger partial charge in [0.1, 0.15) is 16.4 Å². The predicted molar refractivity (Wildman–Crippen MR) is 117 cm³/mol. The molecule has 1 aliphatic rings. The molecule has 2 amide bonds. The molecule has 0 spiro atoms. The Bertz CT molecular complexity index is 1180. The molecule has 32 heavy (non-hydrogen) atoms. The van der Waals surface area contributed by atoms with Gasteiger partial charge in [0.25, 0.3) is 0 Å². The fourth-order valence-electron chi connectivity index (χ4n) is 3.28. The first-order valence-electron chi connectivity index (χ1n) is 9.29. The number of esters is 1. The summed E-state index contributed by atoms with van der Waals surface area (Å²) in [6.45, 7) is 0. The highest BCUT2D eigenvalue weighted by Gasteiger charge is 2.36. The number of hydrogen-bond donors (Lipinski definition) is 2. The summed E-state index contributed by atoms with van der Waals surface area (Å²) in [5.41, 5.74) is 0.379. The molecule has 0 radical (unpaired) electrons. The van der Waals surface area contributed by atoms with Crippen LogP contribution in [0.3, 0.4) is 0 Å². The molecule has 1 unspecified atom stereocenters. The van der Waals surface area contributed by atoms with Gasteiger partial charge in [-0.2, -0.15) is 0 Å². The van der Waals surface area contributed by atoms with Gasteiger partial charge in [-0.05, 0) is 29.8 Å². The van der Waals surface area contributed by atoms with Crippen molar-refractivity contribution in [1.82, 2.24) is 10.6 Å². The van der Waals surface area contributed by atoms with Crippen molar-refractivity contribution < 1.29 is 32.2 Å². The van der Waals surface area contributed by atoms with Crippen LogP contribution in [0.1, 0.15) is 11.6 Å². The van der Waals surface area contributed by atoms with E-state index < -0.39 is 33.6 Å². The zero-order valence-electron chi connectivity index (χ0n) is 17.5. The number of carbonyl (C=O) groups excluding carboxylic acids is 2. The van der Waals surface area contributed by atoms with E-state index in [4.69, 9.17) is 25.8 Å². The van der Waals surface area contributed by atoms with Gasteiger partial charge in [0, 0.05) is 16.8 Å². The number of hydrogen-bond acceptors (Lipinski definition) is 7. The Morgan fingerprint density at radius 1 is 1.06 bits per heavy atom. The Balaban J connectivity index is 2.13. The summed E-state index contributed by atoms with van der Waals surface area (Å²) >= 11 is 5.94. The van der Waals surface area contributed by atoms with Crippen molar-refractivity contribution in [1.29, 1.82) is 0 Å². The summed E-state index contributed by atoms with van der Waals surface area (Å²) in [7, 11) is -0.173. The largest absolute Gasteiger partial charge is 0.497 e. The van der Waals surface area contributed by atoms with E-state index in [-0.39, 0.29) is 21.9 Å². The number of benzene rings is 2. The van der Waals surface area contributed by atoms with Crippen LogP contribution in [-0.2, 0) is 19.4 Å². The van der Waals surface area contributed by atoms with E-state index in [1.165, 1.54) is 33.5 Å². The molecule has 0 fully saturated rings. The van der Waals surface area contributed by atoms with Gasteiger partial charge in [0.2, 0.25) is 0 Å². The quantitative estimate of drug-likeness (QED) is 0.584. The molecule has 1 aliphatic heterocycles. The van der Waals surface area contributed by atoms with Gasteiger partial charge < -0.3 is 24.8 Å². The maximum Gasteiger partial charge on any atom is 0.338 e. The number of ether oxygens (including phenoxy) is 3. The molecule has 11 heteroatoms. The third-order valence-corrected chi connectivity index (χ3v) is 6.71. The zero-order chi connectivity index (χ0) is 23.5. The van der Waals surface area contributed by atoms with E-state index in [0.29, 0.717) is 16.3 Å². The van der Waals surface area contributed by atoms with Gasteiger partial charge in [-0.3, -0.25) is 0 Å². The second-order valence-electron chi connectivity index (χ2n) is 6.74. The van der Waals surface area contributed by atoms with Crippen molar-refractivity contribution in [3.63, 3.8) is 0 Å². The average Bonchev–Trinajstić information content (AvgIpc) is 2.78. The predicted octanol–water partition coefficient (Wildman–Crippen LogP) is 2.61. The minimum absolute atomic E-state index is 0.0418. The maximum absolute atomic E-state index is 13.3. The second kappa shape index (κ2) is 9.49. The number of amides is 2. The number of rotatable bonds is 7. The van der Waals surface area contributed by atoms with Gasteiger partial charge in [-0.25, -0.2) is 18.0 Å². The lowest BCUT2D eigenvalue weighted by Gasteiger charge is -2.29. The summed E-state index contributed by atoms with van der Waals surface area (Å²) < 4.78 is 41.8. The van der Waals surface area contributed by atoms with Crippen LogP contribution in [0.15, 0.2) is 58.6 Å². The monoisotopic (exact) mass is 480 g/mol. The first-order chi connectivity index (χ1) is 15.2. The molecule has 2 N–H and O–H groups in total. The summed E-state index contributed by atoms with van der Waals surface area (Å²) in [6.07, 6.45) is 0. The molecule has 9 nitrogen and oxygen atoms in total. The minimum Gasteiger partial charge on any atom is -0.497 e. The van der Waals surface area contributed by atoms with Crippen molar-refractivity contribution in [2.45, 2.75) is 10.9 Å². The van der Waals surface area contributed by atoms with E-state index in [1.54, 1.807) is 30.3 Å².